The fourth-order valence-electron chi connectivity index (χ4n) is 12.0. The van der Waals surface area contributed by atoms with Gasteiger partial charge in [0.25, 0.3) is 0 Å². The molecule has 0 saturated carbocycles. The average molecular weight is 858 g/mol. The molecule has 0 aliphatic heterocycles. The van der Waals surface area contributed by atoms with Crippen molar-refractivity contribution in [3.05, 3.63) is 258 Å². The van der Waals surface area contributed by atoms with Crippen molar-refractivity contribution in [1.82, 2.24) is 0 Å². The van der Waals surface area contributed by atoms with E-state index in [4.69, 9.17) is 8.83 Å². The summed E-state index contributed by atoms with van der Waals surface area (Å²) >= 11 is 0. The standard InChI is InChI=1S/C64H43NO2/c1-63(2)51-29-14-12-25-45(51)46-36-35-43(37-54(46)63)65(55-32-18-31-53-61(55)48-26-13-15-30-52(48)64(53,41-21-8-4-9-22-41)42-23-10-5-11-24-42)56-33-16-28-47-49-38-59-50(39-58(49)67-62(47)56)60-44(27-17-34-57(60)66-59)40-19-6-3-7-20-40/h3-39H,1-2H3. The Bertz CT molecular complexity index is 3910. The van der Waals surface area contributed by atoms with Crippen LogP contribution in [-0.4, -0.2) is 0 Å². The van der Waals surface area contributed by atoms with E-state index in [0.29, 0.717) is 0 Å². The monoisotopic (exact) mass is 857 g/mol. The topological polar surface area (TPSA) is 29.5 Å². The van der Waals surface area contributed by atoms with E-state index in [2.05, 4.69) is 243 Å². The number of rotatable bonds is 6. The highest BCUT2D eigenvalue weighted by Gasteiger charge is 2.47. The van der Waals surface area contributed by atoms with Crippen LogP contribution in [0, 0.1) is 0 Å². The van der Waals surface area contributed by atoms with E-state index in [0.717, 1.165) is 72.1 Å². The molecule has 10 aromatic carbocycles. The highest BCUT2D eigenvalue weighted by atomic mass is 16.3. The van der Waals surface area contributed by atoms with Gasteiger partial charge in [0.15, 0.2) is 5.58 Å². The van der Waals surface area contributed by atoms with Crippen LogP contribution in [0.5, 0.6) is 0 Å². The molecule has 12 aromatic rings. The number of benzene rings is 10. The van der Waals surface area contributed by atoms with Crippen LogP contribution < -0.4 is 4.90 Å². The fraction of sp³-hybridized carbons (Fsp3) is 0.0625. The highest BCUT2D eigenvalue weighted by Crippen LogP contribution is 2.60. The predicted molar refractivity (Wildman–Crippen MR) is 276 cm³/mol. The SMILES string of the molecule is CC1(C)c2ccccc2-c2ccc(N(c3cccc4c3-c3ccccc3C4(c3ccccc3)c3ccccc3)c3cccc4c3oc3cc5c(cc34)oc3cccc(-c4ccccc4)c35)cc21. The van der Waals surface area contributed by atoms with Crippen molar-refractivity contribution in [2.75, 3.05) is 4.90 Å². The van der Waals surface area contributed by atoms with Crippen molar-refractivity contribution in [3.63, 3.8) is 0 Å². The molecule has 0 radical (unpaired) electrons. The van der Waals surface area contributed by atoms with E-state index in [-0.39, 0.29) is 5.41 Å². The number of nitrogens with zero attached hydrogens (tertiary/aromatic N) is 1. The van der Waals surface area contributed by atoms with Crippen LogP contribution in [0.1, 0.15) is 47.2 Å². The lowest BCUT2D eigenvalue weighted by Gasteiger charge is -2.34. The molecule has 0 spiro atoms. The quantitative estimate of drug-likeness (QED) is 0.167. The van der Waals surface area contributed by atoms with Crippen molar-refractivity contribution >= 4 is 60.9 Å². The van der Waals surface area contributed by atoms with Gasteiger partial charge in [0.05, 0.1) is 16.8 Å². The van der Waals surface area contributed by atoms with Crippen LogP contribution in [0.15, 0.2) is 233 Å². The smallest absolute Gasteiger partial charge is 0.159 e. The largest absolute Gasteiger partial charge is 0.456 e. The van der Waals surface area contributed by atoms with Crippen LogP contribution in [0.2, 0.25) is 0 Å². The molecule has 67 heavy (non-hydrogen) atoms. The van der Waals surface area contributed by atoms with Crippen LogP contribution >= 0.6 is 0 Å². The summed E-state index contributed by atoms with van der Waals surface area (Å²) in [6.07, 6.45) is 0. The molecular weight excluding hydrogens is 815 g/mol. The van der Waals surface area contributed by atoms with Gasteiger partial charge in [-0.3, -0.25) is 0 Å². The maximum absolute atomic E-state index is 7.25. The van der Waals surface area contributed by atoms with Gasteiger partial charge in [0.1, 0.15) is 16.7 Å². The van der Waals surface area contributed by atoms with Crippen LogP contribution in [0.3, 0.4) is 0 Å². The first-order valence-corrected chi connectivity index (χ1v) is 23.2. The number of anilines is 3. The molecule has 0 unspecified atom stereocenters. The number of para-hydroxylation sites is 1. The first-order chi connectivity index (χ1) is 33.0. The Hall–Kier alpha value is -8.40. The molecule has 3 nitrogen and oxygen atoms in total. The molecular formula is C64H43NO2. The third-order valence-electron chi connectivity index (χ3n) is 14.9. The molecule has 0 amide bonds. The first-order valence-electron chi connectivity index (χ1n) is 23.2. The molecule has 0 fully saturated rings. The van der Waals surface area contributed by atoms with Crippen molar-refractivity contribution in [1.29, 1.82) is 0 Å². The first kappa shape index (κ1) is 37.9. The fourth-order valence-corrected chi connectivity index (χ4v) is 12.0. The Morgan fingerprint density at radius 1 is 0.373 bits per heavy atom. The summed E-state index contributed by atoms with van der Waals surface area (Å²) in [6.45, 7) is 4.72. The molecule has 14 rings (SSSR count). The second kappa shape index (κ2) is 14.1. The number of hydrogen-bond acceptors (Lipinski definition) is 3. The Balaban J connectivity index is 1.06. The highest BCUT2D eigenvalue weighted by molar-refractivity contribution is 6.19. The molecule has 0 atom stereocenters. The predicted octanol–water partition coefficient (Wildman–Crippen LogP) is 17.3. The Morgan fingerprint density at radius 3 is 1.73 bits per heavy atom. The van der Waals surface area contributed by atoms with Crippen molar-refractivity contribution in [2.24, 2.45) is 0 Å². The molecule has 0 N–H and O–H groups in total. The van der Waals surface area contributed by atoms with Gasteiger partial charge in [-0.15, -0.1) is 0 Å². The van der Waals surface area contributed by atoms with Crippen LogP contribution in [0.25, 0.3) is 77.3 Å². The Morgan fingerprint density at radius 2 is 0.955 bits per heavy atom. The number of fused-ring (bicyclic) bond motifs is 12. The van der Waals surface area contributed by atoms with Gasteiger partial charge in [-0.2, -0.15) is 0 Å². The molecule has 316 valence electrons. The molecule has 0 bridgehead atoms. The summed E-state index contributed by atoms with van der Waals surface area (Å²) in [5.74, 6) is 0. The van der Waals surface area contributed by atoms with Gasteiger partial charge >= 0.3 is 0 Å². The maximum atomic E-state index is 7.25. The van der Waals surface area contributed by atoms with Gasteiger partial charge in [-0.25, -0.2) is 0 Å². The van der Waals surface area contributed by atoms with Gasteiger partial charge in [-0.05, 0) is 104 Å². The van der Waals surface area contributed by atoms with Crippen molar-refractivity contribution in [3.8, 4) is 33.4 Å². The van der Waals surface area contributed by atoms with E-state index >= 15 is 0 Å². The zero-order valence-corrected chi connectivity index (χ0v) is 37.1. The molecule has 2 heterocycles. The van der Waals surface area contributed by atoms with Gasteiger partial charge < -0.3 is 13.7 Å². The zero-order valence-electron chi connectivity index (χ0n) is 37.1. The average Bonchev–Trinajstić information content (AvgIpc) is 4.10. The van der Waals surface area contributed by atoms with Crippen LogP contribution in [-0.2, 0) is 10.8 Å². The van der Waals surface area contributed by atoms with E-state index in [1.54, 1.807) is 0 Å². The normalized spacial score (nSPS) is 14.1. The zero-order chi connectivity index (χ0) is 44.4. The number of furan rings is 2. The summed E-state index contributed by atoms with van der Waals surface area (Å²) in [5.41, 5.74) is 20.7. The Kier molecular flexibility index (Phi) is 7.95. The Labute approximate surface area is 388 Å². The second-order valence-electron chi connectivity index (χ2n) is 18.7. The molecule has 2 aliphatic rings. The molecule has 2 aromatic heterocycles. The minimum atomic E-state index is -0.557. The molecule has 0 saturated heterocycles. The van der Waals surface area contributed by atoms with Gasteiger partial charge in [-0.1, -0.05) is 196 Å². The summed E-state index contributed by atoms with van der Waals surface area (Å²) in [6, 6.07) is 81.9. The molecule has 2 aliphatic carbocycles. The van der Waals surface area contributed by atoms with Gasteiger partial charge in [0, 0.05) is 38.2 Å². The second-order valence-corrected chi connectivity index (χ2v) is 18.7. The third-order valence-corrected chi connectivity index (χ3v) is 14.9. The minimum absolute atomic E-state index is 0.199. The lowest BCUT2D eigenvalue weighted by molar-refractivity contribution is 0.660. The lowest BCUT2D eigenvalue weighted by atomic mass is 9.68. The summed E-state index contributed by atoms with van der Waals surface area (Å²) < 4.78 is 13.9. The van der Waals surface area contributed by atoms with E-state index in [1.807, 2.05) is 0 Å². The summed E-state index contributed by atoms with van der Waals surface area (Å²) in [5, 5.41) is 4.18. The summed E-state index contributed by atoms with van der Waals surface area (Å²) in [7, 11) is 0. The van der Waals surface area contributed by atoms with E-state index in [1.165, 1.54) is 55.6 Å². The van der Waals surface area contributed by atoms with Gasteiger partial charge in [0.2, 0.25) is 0 Å². The lowest BCUT2D eigenvalue weighted by Crippen LogP contribution is -2.28. The van der Waals surface area contributed by atoms with Crippen molar-refractivity contribution in [2.45, 2.75) is 24.7 Å². The van der Waals surface area contributed by atoms with Crippen molar-refractivity contribution < 1.29 is 8.83 Å². The summed E-state index contributed by atoms with van der Waals surface area (Å²) in [4.78, 5) is 2.47. The molecule has 3 heteroatoms. The van der Waals surface area contributed by atoms with Crippen LogP contribution in [0.4, 0.5) is 17.1 Å². The van der Waals surface area contributed by atoms with E-state index < -0.39 is 5.41 Å². The minimum Gasteiger partial charge on any atom is -0.456 e. The number of hydrogen-bond donors (Lipinski definition) is 0. The maximum Gasteiger partial charge on any atom is 0.159 e. The third kappa shape index (κ3) is 5.23. The van der Waals surface area contributed by atoms with E-state index in [9.17, 15) is 0 Å².